The third-order valence-electron chi connectivity index (χ3n) is 6.14. The molecule has 1 saturated heterocycles. The number of likely N-dealkylation sites (tertiary alicyclic amines) is 1. The topological polar surface area (TPSA) is 39.3 Å². The van der Waals surface area contributed by atoms with Gasteiger partial charge in [-0.2, -0.15) is 0 Å². The van der Waals surface area contributed by atoms with Crippen molar-refractivity contribution in [3.05, 3.63) is 23.8 Å². The molecule has 0 spiro atoms. The van der Waals surface area contributed by atoms with Gasteiger partial charge in [0.25, 0.3) is 0 Å². The van der Waals surface area contributed by atoms with Crippen LogP contribution in [0.5, 0.6) is 0 Å². The quantitative estimate of drug-likeness (QED) is 0.802. The molecule has 4 nitrogen and oxygen atoms in total. The highest BCUT2D eigenvalue weighted by molar-refractivity contribution is 5.65. The van der Waals surface area contributed by atoms with Crippen LogP contribution in [0.2, 0.25) is 0 Å². The molecule has 0 aromatic heterocycles. The molecule has 1 saturated carbocycles. The van der Waals surface area contributed by atoms with Crippen LogP contribution in [-0.4, -0.2) is 50.2 Å². The van der Waals surface area contributed by atoms with E-state index in [0.717, 1.165) is 0 Å². The van der Waals surface area contributed by atoms with Crippen molar-refractivity contribution in [3.8, 4) is 0 Å². The molecule has 1 aromatic rings. The minimum absolute atomic E-state index is 0.630. The number of rotatable bonds is 3. The molecule has 4 rings (SSSR count). The van der Waals surface area contributed by atoms with Gasteiger partial charge in [0.05, 0.1) is 0 Å². The van der Waals surface area contributed by atoms with E-state index in [1.165, 1.54) is 62.1 Å². The summed E-state index contributed by atoms with van der Waals surface area (Å²) in [5.74, 6) is 0.676. The third-order valence-corrected chi connectivity index (χ3v) is 6.14. The molecule has 1 aliphatic carbocycles. The summed E-state index contributed by atoms with van der Waals surface area (Å²) in [5, 5.41) is 11.0. The predicted octanol–water partition coefficient (Wildman–Crippen LogP) is 2.84. The van der Waals surface area contributed by atoms with Crippen molar-refractivity contribution in [1.82, 2.24) is 10.2 Å². The maximum atomic E-state index is 3.78. The van der Waals surface area contributed by atoms with Gasteiger partial charge in [0, 0.05) is 35.4 Å². The SMILES string of the molecule is CNC1CCC2Nc3ccc(NC4CCN(C)CC4)cc3C2C1. The Hall–Kier alpha value is -1.26. The lowest BCUT2D eigenvalue weighted by Crippen LogP contribution is -2.37. The van der Waals surface area contributed by atoms with Crippen LogP contribution in [-0.2, 0) is 0 Å². The maximum absolute atomic E-state index is 3.78. The Morgan fingerprint density at radius 1 is 1.09 bits per heavy atom. The average molecular weight is 314 g/mol. The summed E-state index contributed by atoms with van der Waals surface area (Å²) in [7, 11) is 4.32. The summed E-state index contributed by atoms with van der Waals surface area (Å²) < 4.78 is 0. The molecule has 1 aromatic carbocycles. The second-order valence-electron chi connectivity index (χ2n) is 7.68. The standard InChI is InChI=1S/C19H30N4/c1-20-14-3-5-18-16(11-14)17-12-15(4-6-19(17)22-18)21-13-7-9-23(2)10-8-13/h4,6,12-14,16,18,20-22H,3,5,7-11H2,1-2H3. The number of hydrogen-bond donors (Lipinski definition) is 3. The minimum atomic E-state index is 0.630. The van der Waals surface area contributed by atoms with E-state index in [1.807, 2.05) is 0 Å². The molecular weight excluding hydrogens is 284 g/mol. The van der Waals surface area contributed by atoms with Crippen molar-refractivity contribution in [3.63, 3.8) is 0 Å². The van der Waals surface area contributed by atoms with Crippen molar-refractivity contribution < 1.29 is 0 Å². The highest BCUT2D eigenvalue weighted by Crippen LogP contribution is 2.44. The predicted molar refractivity (Wildman–Crippen MR) is 97.4 cm³/mol. The van der Waals surface area contributed by atoms with Gasteiger partial charge in [-0.1, -0.05) is 0 Å². The first kappa shape index (κ1) is 15.3. The Balaban J connectivity index is 1.48. The van der Waals surface area contributed by atoms with Crippen molar-refractivity contribution in [2.45, 2.75) is 56.1 Å². The van der Waals surface area contributed by atoms with Gasteiger partial charge in [0.2, 0.25) is 0 Å². The van der Waals surface area contributed by atoms with E-state index in [-0.39, 0.29) is 0 Å². The van der Waals surface area contributed by atoms with Gasteiger partial charge >= 0.3 is 0 Å². The van der Waals surface area contributed by atoms with E-state index in [2.05, 4.69) is 53.1 Å². The zero-order valence-corrected chi connectivity index (χ0v) is 14.4. The summed E-state index contributed by atoms with van der Waals surface area (Å²) >= 11 is 0. The lowest BCUT2D eigenvalue weighted by Gasteiger charge is -2.32. The summed E-state index contributed by atoms with van der Waals surface area (Å²) in [5.41, 5.74) is 4.21. The number of hydrogen-bond acceptors (Lipinski definition) is 4. The highest BCUT2D eigenvalue weighted by atomic mass is 15.1. The number of nitrogens with one attached hydrogen (secondary N) is 3. The molecule has 2 aliphatic heterocycles. The first-order valence-corrected chi connectivity index (χ1v) is 9.26. The summed E-state index contributed by atoms with van der Waals surface area (Å²) in [6.07, 6.45) is 6.33. The monoisotopic (exact) mass is 314 g/mol. The fraction of sp³-hybridized carbons (Fsp3) is 0.684. The Labute approximate surface area is 140 Å². The van der Waals surface area contributed by atoms with Gasteiger partial charge in [0.1, 0.15) is 0 Å². The van der Waals surface area contributed by atoms with E-state index in [0.29, 0.717) is 24.0 Å². The van der Waals surface area contributed by atoms with Crippen molar-refractivity contribution in [2.24, 2.45) is 0 Å². The summed E-state index contributed by atoms with van der Waals surface area (Å²) in [6.45, 7) is 2.41. The largest absolute Gasteiger partial charge is 0.382 e. The van der Waals surface area contributed by atoms with Crippen molar-refractivity contribution in [1.29, 1.82) is 0 Å². The fourth-order valence-electron chi connectivity index (χ4n) is 4.63. The number of anilines is 2. The summed E-state index contributed by atoms with van der Waals surface area (Å²) in [4.78, 5) is 2.43. The molecule has 3 atom stereocenters. The lowest BCUT2D eigenvalue weighted by molar-refractivity contribution is 0.264. The van der Waals surface area contributed by atoms with Gasteiger partial charge in [-0.25, -0.2) is 0 Å². The fourth-order valence-corrected chi connectivity index (χ4v) is 4.63. The maximum Gasteiger partial charge on any atom is 0.0380 e. The second-order valence-corrected chi connectivity index (χ2v) is 7.68. The van der Waals surface area contributed by atoms with E-state index in [4.69, 9.17) is 0 Å². The minimum Gasteiger partial charge on any atom is -0.382 e. The highest BCUT2D eigenvalue weighted by Gasteiger charge is 2.37. The van der Waals surface area contributed by atoms with E-state index in [1.54, 1.807) is 0 Å². The van der Waals surface area contributed by atoms with Crippen LogP contribution in [0, 0.1) is 0 Å². The number of fused-ring (bicyclic) bond motifs is 3. The normalized spacial score (nSPS) is 31.3. The van der Waals surface area contributed by atoms with Gasteiger partial charge in [-0.3, -0.25) is 0 Å². The number of benzene rings is 1. The van der Waals surface area contributed by atoms with Gasteiger partial charge < -0.3 is 20.9 Å². The zero-order valence-electron chi connectivity index (χ0n) is 14.4. The van der Waals surface area contributed by atoms with Crippen LogP contribution in [0.3, 0.4) is 0 Å². The van der Waals surface area contributed by atoms with Crippen LogP contribution < -0.4 is 16.0 Å². The number of piperidine rings is 1. The van der Waals surface area contributed by atoms with E-state index < -0.39 is 0 Å². The average Bonchev–Trinajstić information content (AvgIpc) is 2.94. The zero-order chi connectivity index (χ0) is 15.8. The molecule has 0 radical (unpaired) electrons. The van der Waals surface area contributed by atoms with Crippen LogP contribution >= 0.6 is 0 Å². The number of nitrogens with zero attached hydrogens (tertiary/aromatic N) is 1. The van der Waals surface area contributed by atoms with Crippen LogP contribution in [0.1, 0.15) is 43.6 Å². The Morgan fingerprint density at radius 3 is 2.70 bits per heavy atom. The van der Waals surface area contributed by atoms with Crippen molar-refractivity contribution >= 4 is 11.4 Å². The molecule has 3 unspecified atom stereocenters. The lowest BCUT2D eigenvalue weighted by atomic mass is 9.80. The van der Waals surface area contributed by atoms with Crippen LogP contribution in [0.15, 0.2) is 18.2 Å². The third kappa shape index (κ3) is 3.07. The van der Waals surface area contributed by atoms with Crippen LogP contribution in [0.25, 0.3) is 0 Å². The molecule has 0 bridgehead atoms. The molecule has 4 heteroatoms. The molecule has 0 amide bonds. The van der Waals surface area contributed by atoms with Gasteiger partial charge in [-0.05, 0) is 83.1 Å². The summed E-state index contributed by atoms with van der Waals surface area (Å²) in [6, 6.07) is 8.92. The Kier molecular flexibility index (Phi) is 4.20. The van der Waals surface area contributed by atoms with Crippen molar-refractivity contribution in [2.75, 3.05) is 37.8 Å². The molecule has 23 heavy (non-hydrogen) atoms. The first-order valence-electron chi connectivity index (χ1n) is 9.26. The smallest absolute Gasteiger partial charge is 0.0380 e. The van der Waals surface area contributed by atoms with Crippen LogP contribution in [0.4, 0.5) is 11.4 Å². The Morgan fingerprint density at radius 2 is 1.91 bits per heavy atom. The Bertz CT molecular complexity index is 550. The first-order chi connectivity index (χ1) is 11.2. The second kappa shape index (κ2) is 6.33. The van der Waals surface area contributed by atoms with E-state index >= 15 is 0 Å². The molecule has 126 valence electrons. The molecule has 2 fully saturated rings. The molecule has 2 heterocycles. The molecule has 3 aliphatic rings. The van der Waals surface area contributed by atoms with Gasteiger partial charge in [-0.15, -0.1) is 0 Å². The van der Waals surface area contributed by atoms with Gasteiger partial charge in [0.15, 0.2) is 0 Å². The molecule has 3 N–H and O–H groups in total. The molecular formula is C19H30N4. The van der Waals surface area contributed by atoms with E-state index in [9.17, 15) is 0 Å².